The first kappa shape index (κ1) is 16.4. The molecule has 0 aliphatic rings. The van der Waals surface area contributed by atoms with E-state index in [4.69, 9.17) is 0 Å². The molecule has 1 rings (SSSR count). The summed E-state index contributed by atoms with van der Waals surface area (Å²) in [6.07, 6.45) is 3.32. The highest BCUT2D eigenvalue weighted by Crippen LogP contribution is 2.08. The quantitative estimate of drug-likeness (QED) is 0.751. The molecule has 0 aliphatic carbocycles. The van der Waals surface area contributed by atoms with E-state index < -0.39 is 10.8 Å². The molecule has 0 aliphatic heterocycles. The molecule has 0 radical (unpaired) electrons. The van der Waals surface area contributed by atoms with Crippen molar-refractivity contribution < 1.29 is 4.21 Å². The predicted molar refractivity (Wildman–Crippen MR) is 84.9 cm³/mol. The fourth-order valence-electron chi connectivity index (χ4n) is 2.10. The fraction of sp³-hybridized carbons (Fsp3) is 0.625. The van der Waals surface area contributed by atoms with Crippen molar-refractivity contribution in [3.05, 3.63) is 35.4 Å². The minimum Gasteiger partial charge on any atom is -0.314 e. The van der Waals surface area contributed by atoms with Gasteiger partial charge < -0.3 is 5.32 Å². The second kappa shape index (κ2) is 9.27. The van der Waals surface area contributed by atoms with E-state index in [0.29, 0.717) is 11.8 Å². The molecule has 1 N–H and O–H groups in total. The van der Waals surface area contributed by atoms with E-state index in [1.54, 1.807) is 0 Å². The van der Waals surface area contributed by atoms with Crippen molar-refractivity contribution in [3.63, 3.8) is 0 Å². The van der Waals surface area contributed by atoms with Gasteiger partial charge in [-0.2, -0.15) is 0 Å². The molecule has 2 unspecified atom stereocenters. The van der Waals surface area contributed by atoms with Crippen LogP contribution in [0.4, 0.5) is 0 Å². The van der Waals surface area contributed by atoms with Crippen LogP contribution in [0.25, 0.3) is 0 Å². The van der Waals surface area contributed by atoms with Crippen LogP contribution in [0, 0.1) is 6.92 Å². The number of benzene rings is 1. The van der Waals surface area contributed by atoms with Gasteiger partial charge in [0.25, 0.3) is 0 Å². The molecular formula is C16H27NOS. The molecule has 0 heterocycles. The van der Waals surface area contributed by atoms with Crippen molar-refractivity contribution in [3.8, 4) is 0 Å². The number of rotatable bonds is 9. The van der Waals surface area contributed by atoms with Gasteiger partial charge in [0.15, 0.2) is 0 Å². The summed E-state index contributed by atoms with van der Waals surface area (Å²) in [6, 6.07) is 8.85. The van der Waals surface area contributed by atoms with Gasteiger partial charge in [-0.15, -0.1) is 0 Å². The maximum atomic E-state index is 12.0. The van der Waals surface area contributed by atoms with Gasteiger partial charge in [-0.1, -0.05) is 36.8 Å². The zero-order valence-corrected chi connectivity index (χ0v) is 13.3. The first-order chi connectivity index (χ1) is 9.11. The molecule has 0 bridgehead atoms. The van der Waals surface area contributed by atoms with Crippen molar-refractivity contribution in [1.29, 1.82) is 0 Å². The van der Waals surface area contributed by atoms with Crippen LogP contribution in [0.1, 0.15) is 44.2 Å². The Balaban J connectivity index is 2.21. The summed E-state index contributed by atoms with van der Waals surface area (Å²) in [6.45, 7) is 7.54. The molecule has 2 nitrogen and oxygen atoms in total. The second-order valence-electron chi connectivity index (χ2n) is 5.27. The highest BCUT2D eigenvalue weighted by molar-refractivity contribution is 7.84. The SMILES string of the molecule is CCCNC(C)CCCS(=O)Cc1cccc(C)c1. The zero-order chi connectivity index (χ0) is 14.1. The van der Waals surface area contributed by atoms with Crippen LogP contribution in [0.2, 0.25) is 0 Å². The Hall–Kier alpha value is -0.670. The zero-order valence-electron chi connectivity index (χ0n) is 12.4. The summed E-state index contributed by atoms with van der Waals surface area (Å²) in [5.41, 5.74) is 2.43. The van der Waals surface area contributed by atoms with E-state index in [0.717, 1.165) is 25.1 Å². The van der Waals surface area contributed by atoms with Gasteiger partial charge in [-0.05, 0) is 45.2 Å². The topological polar surface area (TPSA) is 29.1 Å². The lowest BCUT2D eigenvalue weighted by molar-refractivity contribution is 0.509. The molecule has 1 aromatic rings. The van der Waals surface area contributed by atoms with E-state index in [9.17, 15) is 4.21 Å². The lowest BCUT2D eigenvalue weighted by Gasteiger charge is -2.12. The summed E-state index contributed by atoms with van der Waals surface area (Å²) < 4.78 is 12.0. The number of nitrogens with one attached hydrogen (secondary N) is 1. The molecule has 3 heteroatoms. The maximum Gasteiger partial charge on any atom is 0.0485 e. The molecule has 2 atom stereocenters. The first-order valence-corrected chi connectivity index (χ1v) is 8.74. The van der Waals surface area contributed by atoms with E-state index in [1.807, 2.05) is 6.07 Å². The van der Waals surface area contributed by atoms with Gasteiger partial charge in [0.1, 0.15) is 0 Å². The average Bonchev–Trinajstić information content (AvgIpc) is 2.36. The molecule has 0 aromatic heterocycles. The van der Waals surface area contributed by atoms with Crippen LogP contribution in [0.15, 0.2) is 24.3 Å². The van der Waals surface area contributed by atoms with Crippen molar-refractivity contribution in [2.45, 2.75) is 51.8 Å². The number of hydrogen-bond donors (Lipinski definition) is 1. The molecule has 0 spiro atoms. The van der Waals surface area contributed by atoms with Crippen molar-refractivity contribution in [1.82, 2.24) is 5.32 Å². The van der Waals surface area contributed by atoms with Crippen LogP contribution < -0.4 is 5.32 Å². The van der Waals surface area contributed by atoms with Gasteiger partial charge in [-0.3, -0.25) is 4.21 Å². The third-order valence-corrected chi connectivity index (χ3v) is 4.56. The van der Waals surface area contributed by atoms with Crippen molar-refractivity contribution in [2.24, 2.45) is 0 Å². The predicted octanol–water partition coefficient (Wildman–Crippen LogP) is 3.41. The van der Waals surface area contributed by atoms with Gasteiger partial charge in [0.05, 0.1) is 0 Å². The minimum absolute atomic E-state index is 0.538. The highest BCUT2D eigenvalue weighted by Gasteiger charge is 2.05. The maximum absolute atomic E-state index is 12.0. The Labute approximate surface area is 120 Å². The summed E-state index contributed by atoms with van der Waals surface area (Å²) in [4.78, 5) is 0. The Bertz CT molecular complexity index is 392. The van der Waals surface area contributed by atoms with Crippen LogP contribution in [0.3, 0.4) is 0 Å². The van der Waals surface area contributed by atoms with Crippen LogP contribution >= 0.6 is 0 Å². The number of hydrogen-bond acceptors (Lipinski definition) is 2. The Morgan fingerprint density at radius 2 is 2.16 bits per heavy atom. The van der Waals surface area contributed by atoms with Gasteiger partial charge >= 0.3 is 0 Å². The van der Waals surface area contributed by atoms with E-state index in [-0.39, 0.29) is 0 Å². The van der Waals surface area contributed by atoms with Crippen LogP contribution in [-0.2, 0) is 16.6 Å². The summed E-state index contributed by atoms with van der Waals surface area (Å²) >= 11 is 0. The second-order valence-corrected chi connectivity index (χ2v) is 6.85. The molecular weight excluding hydrogens is 254 g/mol. The summed E-state index contributed by atoms with van der Waals surface area (Å²) in [7, 11) is -0.729. The van der Waals surface area contributed by atoms with Gasteiger partial charge in [0.2, 0.25) is 0 Å². The summed E-state index contributed by atoms with van der Waals surface area (Å²) in [5, 5.41) is 3.46. The number of aryl methyl sites for hydroxylation is 1. The molecule has 19 heavy (non-hydrogen) atoms. The molecule has 108 valence electrons. The third-order valence-electron chi connectivity index (χ3n) is 3.16. The summed E-state index contributed by atoms with van der Waals surface area (Å²) in [5.74, 6) is 1.50. The van der Waals surface area contributed by atoms with Gasteiger partial charge in [-0.25, -0.2) is 0 Å². The van der Waals surface area contributed by atoms with E-state index >= 15 is 0 Å². The smallest absolute Gasteiger partial charge is 0.0485 e. The lowest BCUT2D eigenvalue weighted by atomic mass is 10.2. The molecule has 0 fully saturated rings. The largest absolute Gasteiger partial charge is 0.314 e. The Kier molecular flexibility index (Phi) is 7.99. The van der Waals surface area contributed by atoms with Gasteiger partial charge in [0, 0.05) is 28.3 Å². The monoisotopic (exact) mass is 281 g/mol. The third kappa shape index (κ3) is 7.48. The average molecular weight is 281 g/mol. The van der Waals surface area contributed by atoms with E-state index in [2.05, 4.69) is 44.3 Å². The Morgan fingerprint density at radius 1 is 1.37 bits per heavy atom. The first-order valence-electron chi connectivity index (χ1n) is 7.25. The fourth-order valence-corrected chi connectivity index (χ4v) is 3.29. The molecule has 0 amide bonds. The van der Waals surface area contributed by atoms with Crippen LogP contribution in [0.5, 0.6) is 0 Å². The minimum atomic E-state index is -0.729. The highest BCUT2D eigenvalue weighted by atomic mass is 32.2. The molecule has 0 saturated heterocycles. The molecule has 0 saturated carbocycles. The van der Waals surface area contributed by atoms with Crippen molar-refractivity contribution in [2.75, 3.05) is 12.3 Å². The Morgan fingerprint density at radius 3 is 2.84 bits per heavy atom. The lowest BCUT2D eigenvalue weighted by Crippen LogP contribution is -2.26. The van der Waals surface area contributed by atoms with E-state index in [1.165, 1.54) is 17.5 Å². The van der Waals surface area contributed by atoms with Crippen LogP contribution in [-0.4, -0.2) is 22.5 Å². The standard InChI is InChI=1S/C16H27NOS/c1-4-10-17-15(3)8-6-11-19(18)13-16-9-5-7-14(2)12-16/h5,7,9,12,15,17H,4,6,8,10-11,13H2,1-3H3. The molecule has 1 aromatic carbocycles. The van der Waals surface area contributed by atoms with Crippen molar-refractivity contribution >= 4 is 10.8 Å². The normalized spacial score (nSPS) is 14.3.